The summed E-state index contributed by atoms with van der Waals surface area (Å²) in [7, 11) is 0. The van der Waals surface area contributed by atoms with Gasteiger partial charge < -0.3 is 0 Å². The van der Waals surface area contributed by atoms with Gasteiger partial charge in [-0.15, -0.1) is 11.3 Å². The van der Waals surface area contributed by atoms with Crippen LogP contribution in [0.25, 0.3) is 10.6 Å². The Morgan fingerprint density at radius 3 is 2.10 bits per heavy atom. The smallest absolute Gasteiger partial charge is 0.123 e. The van der Waals surface area contributed by atoms with Crippen LogP contribution in [-0.4, -0.2) is 40.0 Å². The molecular formula is C25H29N3S. The van der Waals surface area contributed by atoms with Crippen molar-refractivity contribution in [1.29, 1.82) is 0 Å². The Bertz CT molecular complexity index is 908. The van der Waals surface area contributed by atoms with Gasteiger partial charge in [-0.3, -0.25) is 9.80 Å². The first kappa shape index (κ1) is 19.0. The molecule has 5 rings (SSSR count). The van der Waals surface area contributed by atoms with Gasteiger partial charge in [0.25, 0.3) is 0 Å². The topological polar surface area (TPSA) is 19.4 Å². The summed E-state index contributed by atoms with van der Waals surface area (Å²) in [5, 5.41) is 1.14. The van der Waals surface area contributed by atoms with Crippen LogP contribution in [0, 0.1) is 0 Å². The number of benzene rings is 2. The summed E-state index contributed by atoms with van der Waals surface area (Å²) >= 11 is 1.85. The molecular weight excluding hydrogens is 374 g/mol. The van der Waals surface area contributed by atoms with Crippen LogP contribution in [0.15, 0.2) is 66.9 Å². The molecule has 29 heavy (non-hydrogen) atoms. The molecule has 3 aromatic rings. The van der Waals surface area contributed by atoms with E-state index in [0.29, 0.717) is 12.1 Å². The lowest BCUT2D eigenvalue weighted by atomic mass is 10.0. The van der Waals surface area contributed by atoms with Gasteiger partial charge in [-0.2, -0.15) is 0 Å². The van der Waals surface area contributed by atoms with Crippen LogP contribution in [-0.2, 0) is 13.1 Å². The second-order valence-electron chi connectivity index (χ2n) is 8.34. The number of likely N-dealkylation sites (tertiary alicyclic amines) is 2. The molecule has 0 spiro atoms. The van der Waals surface area contributed by atoms with Crippen molar-refractivity contribution in [1.82, 2.24) is 14.8 Å². The Hall–Kier alpha value is -2.01. The van der Waals surface area contributed by atoms with Gasteiger partial charge in [-0.05, 0) is 44.3 Å². The predicted molar refractivity (Wildman–Crippen MR) is 121 cm³/mol. The van der Waals surface area contributed by atoms with Crippen LogP contribution < -0.4 is 0 Å². The fraction of sp³-hybridized carbons (Fsp3) is 0.400. The molecule has 2 aliphatic heterocycles. The molecule has 4 heteroatoms. The van der Waals surface area contributed by atoms with Crippen LogP contribution in [0.3, 0.4) is 0 Å². The fourth-order valence-corrected chi connectivity index (χ4v) is 6.02. The van der Waals surface area contributed by atoms with E-state index in [1.807, 2.05) is 11.3 Å². The second-order valence-corrected chi connectivity index (χ2v) is 9.46. The van der Waals surface area contributed by atoms with E-state index in [0.717, 1.165) is 18.1 Å². The summed E-state index contributed by atoms with van der Waals surface area (Å²) in [4.78, 5) is 11.6. The fourth-order valence-electron chi connectivity index (χ4n) is 5.08. The van der Waals surface area contributed by atoms with Crippen LogP contribution in [0.4, 0.5) is 0 Å². The minimum absolute atomic E-state index is 0.684. The molecule has 3 heterocycles. The van der Waals surface area contributed by atoms with Gasteiger partial charge in [0.1, 0.15) is 5.01 Å². The van der Waals surface area contributed by atoms with Crippen molar-refractivity contribution < 1.29 is 0 Å². The van der Waals surface area contributed by atoms with Crippen molar-refractivity contribution in [2.45, 2.75) is 50.9 Å². The minimum Gasteiger partial charge on any atom is -0.295 e. The van der Waals surface area contributed by atoms with Crippen LogP contribution in [0.2, 0.25) is 0 Å². The summed E-state index contributed by atoms with van der Waals surface area (Å²) in [6.45, 7) is 4.60. The molecule has 3 nitrogen and oxygen atoms in total. The lowest BCUT2D eigenvalue weighted by Gasteiger charge is -2.35. The van der Waals surface area contributed by atoms with Gasteiger partial charge in [0, 0.05) is 41.8 Å². The van der Waals surface area contributed by atoms with Crippen molar-refractivity contribution in [2.24, 2.45) is 0 Å². The van der Waals surface area contributed by atoms with Crippen LogP contribution in [0.1, 0.15) is 36.1 Å². The zero-order chi connectivity index (χ0) is 19.5. The summed E-state index contributed by atoms with van der Waals surface area (Å²) < 4.78 is 0. The zero-order valence-corrected chi connectivity index (χ0v) is 17.7. The van der Waals surface area contributed by atoms with E-state index in [2.05, 4.69) is 76.7 Å². The minimum atomic E-state index is 0.684. The molecule has 1 aromatic heterocycles. The quantitative estimate of drug-likeness (QED) is 0.546. The van der Waals surface area contributed by atoms with E-state index in [4.69, 9.17) is 4.98 Å². The average molecular weight is 404 g/mol. The number of aromatic nitrogens is 1. The largest absolute Gasteiger partial charge is 0.295 e. The van der Waals surface area contributed by atoms with Crippen molar-refractivity contribution in [3.8, 4) is 10.6 Å². The van der Waals surface area contributed by atoms with Gasteiger partial charge in [0.15, 0.2) is 0 Å². The SMILES string of the molecule is c1ccc(CN2CCC[C@@H]2[C@@H]2CCCN2Cc2cnc(-c3ccccc3)s2)cc1. The molecule has 0 aliphatic carbocycles. The maximum absolute atomic E-state index is 4.70. The Morgan fingerprint density at radius 2 is 1.41 bits per heavy atom. The molecule has 2 aliphatic rings. The molecule has 2 fully saturated rings. The van der Waals surface area contributed by atoms with E-state index in [1.54, 1.807) is 0 Å². The maximum atomic E-state index is 4.70. The monoisotopic (exact) mass is 403 g/mol. The van der Waals surface area contributed by atoms with E-state index in [1.165, 1.54) is 54.8 Å². The first-order valence-electron chi connectivity index (χ1n) is 10.9. The molecule has 0 saturated carbocycles. The van der Waals surface area contributed by atoms with Gasteiger partial charge >= 0.3 is 0 Å². The highest BCUT2D eigenvalue weighted by molar-refractivity contribution is 7.15. The molecule has 0 N–H and O–H groups in total. The molecule has 2 aromatic carbocycles. The Balaban J connectivity index is 1.27. The molecule has 2 atom stereocenters. The zero-order valence-electron chi connectivity index (χ0n) is 16.9. The number of hydrogen-bond acceptors (Lipinski definition) is 4. The van der Waals surface area contributed by atoms with Crippen LogP contribution in [0.5, 0.6) is 0 Å². The van der Waals surface area contributed by atoms with Gasteiger partial charge in [0.2, 0.25) is 0 Å². The number of nitrogens with zero attached hydrogens (tertiary/aromatic N) is 3. The third-order valence-corrected chi connectivity index (χ3v) is 7.47. The third kappa shape index (κ3) is 4.30. The normalized spacial score (nSPS) is 23.0. The van der Waals surface area contributed by atoms with Crippen molar-refractivity contribution in [3.63, 3.8) is 0 Å². The first-order chi connectivity index (χ1) is 14.4. The molecule has 2 saturated heterocycles. The van der Waals surface area contributed by atoms with Gasteiger partial charge in [-0.1, -0.05) is 60.7 Å². The van der Waals surface area contributed by atoms with E-state index < -0.39 is 0 Å². The molecule has 0 amide bonds. The Kier molecular flexibility index (Phi) is 5.75. The second kappa shape index (κ2) is 8.78. The third-order valence-electron chi connectivity index (χ3n) is 6.43. The lowest BCUT2D eigenvalue weighted by Crippen LogP contribution is -2.45. The molecule has 0 bridgehead atoms. The summed E-state index contributed by atoms with van der Waals surface area (Å²) in [5.74, 6) is 0. The highest BCUT2D eigenvalue weighted by atomic mass is 32.1. The Labute approximate surface area is 178 Å². The maximum Gasteiger partial charge on any atom is 0.123 e. The van der Waals surface area contributed by atoms with Crippen molar-refractivity contribution in [2.75, 3.05) is 13.1 Å². The van der Waals surface area contributed by atoms with Crippen LogP contribution >= 0.6 is 11.3 Å². The summed E-state index contributed by atoms with van der Waals surface area (Å²) in [6.07, 6.45) is 7.43. The van der Waals surface area contributed by atoms with Crippen molar-refractivity contribution >= 4 is 11.3 Å². The van der Waals surface area contributed by atoms with E-state index in [9.17, 15) is 0 Å². The van der Waals surface area contributed by atoms with Gasteiger partial charge in [-0.25, -0.2) is 4.98 Å². The molecule has 0 unspecified atom stereocenters. The molecule has 0 radical (unpaired) electrons. The average Bonchev–Trinajstić information content (AvgIpc) is 3.51. The summed E-state index contributed by atoms with van der Waals surface area (Å²) in [6, 6.07) is 22.9. The van der Waals surface area contributed by atoms with Gasteiger partial charge in [0.05, 0.1) is 0 Å². The first-order valence-corrected chi connectivity index (χ1v) is 11.7. The number of hydrogen-bond donors (Lipinski definition) is 0. The Morgan fingerprint density at radius 1 is 0.793 bits per heavy atom. The van der Waals surface area contributed by atoms with E-state index >= 15 is 0 Å². The number of thiazole rings is 1. The lowest BCUT2D eigenvalue weighted by molar-refractivity contribution is 0.125. The highest BCUT2D eigenvalue weighted by Crippen LogP contribution is 2.33. The number of rotatable bonds is 6. The van der Waals surface area contributed by atoms with E-state index in [-0.39, 0.29) is 0 Å². The standard InChI is InChI=1S/C25H29N3S/c1-3-9-20(10-4-1)18-27-15-7-13-23(27)24-14-8-16-28(24)19-22-17-26-25(29-22)21-11-5-2-6-12-21/h1-6,9-12,17,23-24H,7-8,13-16,18-19H2/t23-,24+/m1/s1. The highest BCUT2D eigenvalue weighted by Gasteiger charge is 2.37. The predicted octanol–water partition coefficient (Wildman–Crippen LogP) is 5.44. The molecule has 150 valence electrons. The summed E-state index contributed by atoms with van der Waals surface area (Å²) in [5.41, 5.74) is 2.67. The van der Waals surface area contributed by atoms with Crippen molar-refractivity contribution in [3.05, 3.63) is 77.3 Å².